The zero-order valence-electron chi connectivity index (χ0n) is 11.9. The minimum absolute atomic E-state index is 0.0423. The van der Waals surface area contributed by atoms with Crippen LogP contribution in [0, 0.1) is 0 Å². The highest BCUT2D eigenvalue weighted by Crippen LogP contribution is 2.33. The fourth-order valence-corrected chi connectivity index (χ4v) is 3.27. The van der Waals surface area contributed by atoms with Crippen molar-refractivity contribution in [3.05, 3.63) is 17.4 Å². The number of hydrogen-bond acceptors (Lipinski definition) is 6. The molecule has 21 heavy (non-hydrogen) atoms. The van der Waals surface area contributed by atoms with E-state index in [4.69, 9.17) is 11.6 Å². The lowest BCUT2D eigenvalue weighted by atomic mass is 10.0. The maximum atomic E-state index is 10.4. The van der Waals surface area contributed by atoms with E-state index in [9.17, 15) is 5.11 Å². The molecule has 2 N–H and O–H groups in total. The van der Waals surface area contributed by atoms with Gasteiger partial charge in [0, 0.05) is 11.6 Å². The van der Waals surface area contributed by atoms with Crippen molar-refractivity contribution in [1.29, 1.82) is 0 Å². The Bertz CT molecular complexity index is 679. The van der Waals surface area contributed by atoms with Gasteiger partial charge in [-0.1, -0.05) is 23.4 Å². The van der Waals surface area contributed by atoms with Crippen molar-refractivity contribution < 1.29 is 5.11 Å². The summed E-state index contributed by atoms with van der Waals surface area (Å²) >= 11 is 7.56. The van der Waals surface area contributed by atoms with Gasteiger partial charge in [-0.05, 0) is 38.5 Å². The summed E-state index contributed by atoms with van der Waals surface area (Å²) in [6.07, 6.45) is 6.37. The molecule has 0 saturated heterocycles. The Morgan fingerprint density at radius 1 is 1.48 bits per heavy atom. The third-order valence-corrected chi connectivity index (χ3v) is 4.69. The largest absolute Gasteiger partial charge is 0.388 e. The Labute approximate surface area is 132 Å². The van der Waals surface area contributed by atoms with Crippen LogP contribution in [0.2, 0.25) is 5.15 Å². The number of nitrogens with zero attached hydrogens (tertiary/aromatic N) is 3. The van der Waals surface area contributed by atoms with E-state index in [0.29, 0.717) is 16.1 Å². The molecule has 112 valence electrons. The zero-order chi connectivity index (χ0) is 15.0. The van der Waals surface area contributed by atoms with Gasteiger partial charge in [-0.3, -0.25) is 0 Å². The molecule has 2 aromatic rings. The van der Waals surface area contributed by atoms with Crippen molar-refractivity contribution >= 4 is 40.1 Å². The fraction of sp³-hybridized carbons (Fsp3) is 0.500. The first-order valence-corrected chi connectivity index (χ1v) is 8.46. The van der Waals surface area contributed by atoms with Crippen LogP contribution in [0.5, 0.6) is 0 Å². The van der Waals surface area contributed by atoms with Crippen LogP contribution in [0.1, 0.15) is 26.2 Å². The lowest BCUT2D eigenvalue weighted by Gasteiger charge is -2.27. The van der Waals surface area contributed by atoms with Gasteiger partial charge in [0.1, 0.15) is 10.7 Å². The summed E-state index contributed by atoms with van der Waals surface area (Å²) in [5.41, 5.74) is 0.00699. The number of hydrogen-bond donors (Lipinski definition) is 2. The lowest BCUT2D eigenvalue weighted by Crippen LogP contribution is -2.39. The highest BCUT2D eigenvalue weighted by molar-refractivity contribution is 7.98. The van der Waals surface area contributed by atoms with Crippen LogP contribution in [0.4, 0.5) is 5.82 Å². The number of aliphatic hydroxyl groups is 1. The van der Waals surface area contributed by atoms with Crippen molar-refractivity contribution in [3.8, 4) is 0 Å². The summed E-state index contributed by atoms with van der Waals surface area (Å²) < 4.78 is 0. The molecule has 1 aliphatic carbocycles. The predicted octanol–water partition coefficient (Wildman–Crippen LogP) is 3.12. The van der Waals surface area contributed by atoms with Crippen molar-refractivity contribution in [2.45, 2.75) is 43.0 Å². The molecule has 0 unspecified atom stereocenters. The zero-order valence-corrected chi connectivity index (χ0v) is 13.5. The number of aromatic nitrogens is 3. The van der Waals surface area contributed by atoms with Crippen molar-refractivity contribution in [2.75, 3.05) is 11.6 Å². The fourth-order valence-electron chi connectivity index (χ4n) is 2.73. The molecule has 7 heteroatoms. The molecule has 1 saturated carbocycles. The van der Waals surface area contributed by atoms with Gasteiger partial charge >= 0.3 is 0 Å². The number of rotatable bonds is 3. The van der Waals surface area contributed by atoms with Crippen molar-refractivity contribution in [1.82, 2.24) is 15.0 Å². The monoisotopic (exact) mass is 324 g/mol. The van der Waals surface area contributed by atoms with E-state index in [1.807, 2.05) is 13.2 Å². The number of nitrogens with one attached hydrogen (secondary N) is 1. The van der Waals surface area contributed by atoms with Gasteiger partial charge in [0.05, 0.1) is 11.6 Å². The predicted molar refractivity (Wildman–Crippen MR) is 86.0 cm³/mol. The van der Waals surface area contributed by atoms with Crippen LogP contribution in [-0.4, -0.2) is 38.0 Å². The topological polar surface area (TPSA) is 70.9 Å². The van der Waals surface area contributed by atoms with E-state index >= 15 is 0 Å². The second-order valence-corrected chi connectivity index (χ2v) is 6.70. The molecule has 5 nitrogen and oxygen atoms in total. The molecule has 3 rings (SSSR count). The molecule has 1 fully saturated rings. The maximum Gasteiger partial charge on any atom is 0.187 e. The molecule has 0 aromatic carbocycles. The van der Waals surface area contributed by atoms with E-state index in [-0.39, 0.29) is 6.04 Å². The number of halogens is 1. The summed E-state index contributed by atoms with van der Waals surface area (Å²) in [6, 6.07) is 1.71. The normalized spacial score (nSPS) is 25.4. The highest BCUT2D eigenvalue weighted by atomic mass is 35.5. The molecule has 2 atom stereocenters. The molecule has 2 aromatic heterocycles. The lowest BCUT2D eigenvalue weighted by molar-refractivity contribution is 0.0578. The van der Waals surface area contributed by atoms with Gasteiger partial charge in [-0.15, -0.1) is 0 Å². The Kier molecular flexibility index (Phi) is 3.94. The van der Waals surface area contributed by atoms with Gasteiger partial charge in [0.15, 0.2) is 11.0 Å². The van der Waals surface area contributed by atoms with E-state index in [1.54, 1.807) is 12.3 Å². The third kappa shape index (κ3) is 2.93. The summed E-state index contributed by atoms with van der Waals surface area (Å²) in [4.78, 5) is 13.1. The average Bonchev–Trinajstić information content (AvgIpc) is 2.77. The molecule has 2 heterocycles. The Hall–Kier alpha value is -1.11. The summed E-state index contributed by atoms with van der Waals surface area (Å²) in [5, 5.41) is 15.6. The van der Waals surface area contributed by atoms with Crippen LogP contribution in [-0.2, 0) is 0 Å². The van der Waals surface area contributed by atoms with Crippen LogP contribution in [0.25, 0.3) is 10.9 Å². The summed E-state index contributed by atoms with van der Waals surface area (Å²) in [6.45, 7) is 1.85. The summed E-state index contributed by atoms with van der Waals surface area (Å²) in [5.74, 6) is 0.613. The molecular weight excluding hydrogens is 308 g/mol. The van der Waals surface area contributed by atoms with Gasteiger partial charge in [0.25, 0.3) is 0 Å². The standard InChI is InChI=1S/C14H17ClN4OS/c1-14(20)5-3-4-9(14)17-12-11-8(6-10(15)18-12)7-16-13(19-11)21-2/h6-7,9,20H,3-5H2,1-2H3,(H,17,18)/t9-,14-/m1/s1. The van der Waals surface area contributed by atoms with E-state index in [1.165, 1.54) is 11.8 Å². The first-order chi connectivity index (χ1) is 9.99. The smallest absolute Gasteiger partial charge is 0.187 e. The number of pyridine rings is 1. The second-order valence-electron chi connectivity index (χ2n) is 5.53. The number of fused-ring (bicyclic) bond motifs is 1. The van der Waals surface area contributed by atoms with E-state index in [2.05, 4.69) is 20.3 Å². The average molecular weight is 325 g/mol. The van der Waals surface area contributed by atoms with E-state index < -0.39 is 5.60 Å². The van der Waals surface area contributed by atoms with Crippen LogP contribution in [0.15, 0.2) is 17.4 Å². The van der Waals surface area contributed by atoms with Gasteiger partial charge in [-0.2, -0.15) is 0 Å². The second kappa shape index (κ2) is 5.59. The van der Waals surface area contributed by atoms with Gasteiger partial charge in [-0.25, -0.2) is 15.0 Å². The molecule has 1 aliphatic rings. The van der Waals surface area contributed by atoms with Gasteiger partial charge in [0.2, 0.25) is 0 Å². The highest BCUT2D eigenvalue weighted by Gasteiger charge is 2.37. The first kappa shape index (κ1) is 14.8. The molecule has 0 amide bonds. The molecule has 0 bridgehead atoms. The minimum atomic E-state index is -0.730. The third-order valence-electron chi connectivity index (χ3n) is 3.93. The van der Waals surface area contributed by atoms with Crippen molar-refractivity contribution in [2.24, 2.45) is 0 Å². The Morgan fingerprint density at radius 3 is 2.95 bits per heavy atom. The minimum Gasteiger partial charge on any atom is -0.388 e. The molecule has 0 aliphatic heterocycles. The van der Waals surface area contributed by atoms with Crippen LogP contribution >= 0.6 is 23.4 Å². The van der Waals surface area contributed by atoms with E-state index in [0.717, 1.165) is 30.2 Å². The molecule has 0 spiro atoms. The maximum absolute atomic E-state index is 10.4. The SMILES string of the molecule is CSc1ncc2cc(Cl)nc(N[C@@H]3CCC[C@@]3(C)O)c2n1. The summed E-state index contributed by atoms with van der Waals surface area (Å²) in [7, 11) is 0. The quantitative estimate of drug-likeness (QED) is 0.513. The Balaban J connectivity index is 2.04. The van der Waals surface area contributed by atoms with Crippen LogP contribution < -0.4 is 5.32 Å². The number of anilines is 1. The molecule has 0 radical (unpaired) electrons. The first-order valence-electron chi connectivity index (χ1n) is 6.86. The van der Waals surface area contributed by atoms with Gasteiger partial charge < -0.3 is 10.4 Å². The number of thioether (sulfide) groups is 1. The van der Waals surface area contributed by atoms with Crippen LogP contribution in [0.3, 0.4) is 0 Å². The Morgan fingerprint density at radius 2 is 2.29 bits per heavy atom. The van der Waals surface area contributed by atoms with Crippen molar-refractivity contribution in [3.63, 3.8) is 0 Å². The molecular formula is C14H17ClN4OS.